The molecule has 3 heteroatoms. The summed E-state index contributed by atoms with van der Waals surface area (Å²) < 4.78 is 7.04. The lowest BCUT2D eigenvalue weighted by molar-refractivity contribution is -0.116. The molecule has 1 N–H and O–H groups in total. The Morgan fingerprint density at radius 3 is 2.71 bits per heavy atom. The summed E-state index contributed by atoms with van der Waals surface area (Å²) in [7, 11) is 0. The first-order chi connectivity index (χ1) is 14.8. The molecule has 2 aliphatic heterocycles. The molecule has 3 nitrogen and oxygen atoms in total. The molecule has 31 heavy (non-hydrogen) atoms. The summed E-state index contributed by atoms with van der Waals surface area (Å²) in [4.78, 5) is 12.1. The van der Waals surface area contributed by atoms with Gasteiger partial charge in [0.25, 0.3) is 0 Å². The third kappa shape index (κ3) is 3.01. The Kier molecular flexibility index (Phi) is 4.83. The number of carbonyl (C=O) groups excluding carboxylic acids is 1. The smallest absolute Gasteiger partial charge is 0.155 e. The van der Waals surface area contributed by atoms with Gasteiger partial charge in [-0.3, -0.25) is 4.79 Å². The number of ketones is 1. The van der Waals surface area contributed by atoms with Gasteiger partial charge in [0.1, 0.15) is 0 Å². The van der Waals surface area contributed by atoms with Crippen LogP contribution in [0.5, 0.6) is 0 Å². The van der Waals surface area contributed by atoms with Crippen LogP contribution < -0.4 is 5.32 Å². The van der Waals surface area contributed by atoms with Crippen molar-refractivity contribution in [2.24, 2.45) is 46.8 Å². The first-order valence-corrected chi connectivity index (χ1v) is 13.5. The van der Waals surface area contributed by atoms with Crippen molar-refractivity contribution in [1.82, 2.24) is 5.32 Å². The van der Waals surface area contributed by atoms with Gasteiger partial charge in [-0.15, -0.1) is 0 Å². The van der Waals surface area contributed by atoms with Gasteiger partial charge in [-0.2, -0.15) is 0 Å². The van der Waals surface area contributed by atoms with Crippen molar-refractivity contribution in [3.05, 3.63) is 11.6 Å². The number of allylic oxidation sites excluding steroid dienone is 2. The zero-order valence-electron chi connectivity index (χ0n) is 20.2. The first kappa shape index (κ1) is 20.9. The molecule has 11 atom stereocenters. The lowest BCUT2D eigenvalue weighted by atomic mass is 9.56. The summed E-state index contributed by atoms with van der Waals surface area (Å²) in [5, 5.41) is 3.86. The fourth-order valence-electron chi connectivity index (χ4n) is 9.75. The largest absolute Gasteiger partial charge is 0.370 e. The highest BCUT2D eigenvalue weighted by Crippen LogP contribution is 2.65. The van der Waals surface area contributed by atoms with E-state index in [0.29, 0.717) is 29.3 Å². The van der Waals surface area contributed by atoms with E-state index in [4.69, 9.17) is 4.74 Å². The van der Waals surface area contributed by atoms with Crippen molar-refractivity contribution in [2.45, 2.75) is 103 Å². The van der Waals surface area contributed by atoms with E-state index in [0.717, 1.165) is 54.9 Å². The van der Waals surface area contributed by atoms with Crippen molar-refractivity contribution in [3.8, 4) is 0 Å². The molecular weight excluding hydrogens is 382 g/mol. The van der Waals surface area contributed by atoms with Gasteiger partial charge in [0.15, 0.2) is 5.78 Å². The molecular formula is C28H43NO2. The third-order valence-corrected chi connectivity index (χ3v) is 11.5. The van der Waals surface area contributed by atoms with Crippen LogP contribution >= 0.6 is 0 Å². The van der Waals surface area contributed by atoms with E-state index in [9.17, 15) is 4.79 Å². The van der Waals surface area contributed by atoms with Gasteiger partial charge in [0, 0.05) is 18.4 Å². The predicted molar refractivity (Wildman–Crippen MR) is 124 cm³/mol. The van der Waals surface area contributed by atoms with E-state index in [1.807, 2.05) is 0 Å². The van der Waals surface area contributed by atoms with E-state index < -0.39 is 0 Å². The highest BCUT2D eigenvalue weighted by atomic mass is 16.5. The van der Waals surface area contributed by atoms with Gasteiger partial charge in [0.05, 0.1) is 11.7 Å². The second-order valence-corrected chi connectivity index (χ2v) is 12.9. The zero-order valence-corrected chi connectivity index (χ0v) is 20.2. The Hall–Kier alpha value is -0.670. The number of ether oxygens (including phenoxy) is 1. The van der Waals surface area contributed by atoms with Crippen LogP contribution in [-0.4, -0.2) is 30.1 Å². The lowest BCUT2D eigenvalue weighted by Gasteiger charge is -2.48. The maximum absolute atomic E-state index is 12.1. The molecule has 0 bridgehead atoms. The first-order valence-electron chi connectivity index (χ1n) is 13.5. The van der Waals surface area contributed by atoms with Crippen molar-refractivity contribution in [2.75, 3.05) is 6.54 Å². The summed E-state index contributed by atoms with van der Waals surface area (Å²) in [5.74, 6) is 5.90. The summed E-state index contributed by atoms with van der Waals surface area (Å²) in [6.45, 7) is 11.1. The number of carbonyl (C=O) groups is 1. The molecule has 5 fully saturated rings. The quantitative estimate of drug-likeness (QED) is 0.554. The van der Waals surface area contributed by atoms with Gasteiger partial charge in [-0.1, -0.05) is 33.3 Å². The van der Waals surface area contributed by atoms with Crippen LogP contribution in [0.25, 0.3) is 0 Å². The molecule has 2 heterocycles. The van der Waals surface area contributed by atoms with E-state index in [-0.39, 0.29) is 5.60 Å². The number of hydrogen-bond donors (Lipinski definition) is 1. The molecule has 0 amide bonds. The Morgan fingerprint density at radius 2 is 1.87 bits per heavy atom. The number of piperidine rings is 1. The average molecular weight is 426 g/mol. The predicted octanol–water partition coefficient (Wildman–Crippen LogP) is 5.54. The number of rotatable bonds is 0. The summed E-state index contributed by atoms with van der Waals surface area (Å²) in [6.07, 6.45) is 13.4. The van der Waals surface area contributed by atoms with E-state index in [1.54, 1.807) is 0 Å². The van der Waals surface area contributed by atoms with Gasteiger partial charge >= 0.3 is 0 Å². The maximum atomic E-state index is 12.1. The van der Waals surface area contributed by atoms with Crippen molar-refractivity contribution < 1.29 is 9.53 Å². The van der Waals surface area contributed by atoms with Crippen LogP contribution in [0.2, 0.25) is 0 Å². The Balaban J connectivity index is 1.25. The summed E-state index contributed by atoms with van der Waals surface area (Å²) >= 11 is 0. The van der Waals surface area contributed by atoms with Crippen LogP contribution in [0.15, 0.2) is 11.6 Å². The molecule has 0 aromatic heterocycles. The maximum Gasteiger partial charge on any atom is 0.155 e. The Morgan fingerprint density at radius 1 is 1.03 bits per heavy atom. The molecule has 0 radical (unpaired) electrons. The highest BCUT2D eigenvalue weighted by molar-refractivity contribution is 5.91. The molecule has 6 rings (SSSR count). The minimum Gasteiger partial charge on any atom is -0.370 e. The highest BCUT2D eigenvalue weighted by Gasteiger charge is 2.60. The molecule has 2 saturated heterocycles. The van der Waals surface area contributed by atoms with Crippen molar-refractivity contribution in [3.63, 3.8) is 0 Å². The molecule has 1 spiro atoms. The van der Waals surface area contributed by atoms with E-state index in [1.165, 1.54) is 50.5 Å². The fraction of sp³-hybridized carbons (Fsp3) is 0.893. The normalized spacial score (nSPS) is 56.3. The molecule has 2 unspecified atom stereocenters. The molecule has 4 aliphatic carbocycles. The van der Waals surface area contributed by atoms with Crippen LogP contribution in [0.3, 0.4) is 0 Å². The third-order valence-electron chi connectivity index (χ3n) is 11.5. The van der Waals surface area contributed by atoms with Gasteiger partial charge in [0.2, 0.25) is 0 Å². The Bertz CT molecular complexity index is 790. The average Bonchev–Trinajstić information content (AvgIpc) is 3.19. The van der Waals surface area contributed by atoms with E-state index in [2.05, 4.69) is 39.1 Å². The Labute approximate surface area is 189 Å². The monoisotopic (exact) mass is 425 g/mol. The zero-order chi connectivity index (χ0) is 21.5. The van der Waals surface area contributed by atoms with E-state index >= 15 is 0 Å². The van der Waals surface area contributed by atoms with Gasteiger partial charge in [-0.05, 0) is 105 Å². The van der Waals surface area contributed by atoms with Crippen LogP contribution in [0.1, 0.15) is 85.5 Å². The second-order valence-electron chi connectivity index (χ2n) is 12.9. The second kappa shape index (κ2) is 7.16. The molecule has 0 aromatic rings. The minimum atomic E-state index is 0.104. The number of hydrogen-bond acceptors (Lipinski definition) is 3. The van der Waals surface area contributed by atoms with Gasteiger partial charge in [-0.25, -0.2) is 0 Å². The molecule has 3 saturated carbocycles. The van der Waals surface area contributed by atoms with Crippen molar-refractivity contribution >= 4 is 5.78 Å². The number of fused-ring (bicyclic) bond motifs is 6. The van der Waals surface area contributed by atoms with Crippen LogP contribution in [0.4, 0.5) is 0 Å². The minimum absolute atomic E-state index is 0.104. The van der Waals surface area contributed by atoms with Crippen molar-refractivity contribution in [1.29, 1.82) is 0 Å². The van der Waals surface area contributed by atoms with Gasteiger partial charge < -0.3 is 10.1 Å². The lowest BCUT2D eigenvalue weighted by Crippen LogP contribution is -2.48. The fourth-order valence-corrected chi connectivity index (χ4v) is 9.75. The number of nitrogens with one attached hydrogen (secondary N) is 1. The van der Waals surface area contributed by atoms with Crippen LogP contribution in [0, 0.1) is 46.8 Å². The molecule has 6 aliphatic rings. The topological polar surface area (TPSA) is 38.3 Å². The SMILES string of the molecule is CC1C[C@]2(CC[C@@H]3C1C[C@H]1[C@H]3CCC3=CC(=O)CC[C@@]31C)O[C@@H]1C[C@H](C)CN[C@H]1[C@H]2C. The van der Waals surface area contributed by atoms with Crippen LogP contribution in [-0.2, 0) is 9.53 Å². The summed E-state index contributed by atoms with van der Waals surface area (Å²) in [5.41, 5.74) is 1.90. The molecule has 0 aromatic carbocycles. The molecule has 172 valence electrons. The summed E-state index contributed by atoms with van der Waals surface area (Å²) in [6, 6.07) is 0.565. The standard InChI is InChI=1S/C28H43NO2/c1-16-11-25-26(29-15-16)18(3)28(31-25)10-8-21-22-6-5-19-12-20(30)7-9-27(19,4)24(22)13-23(21)17(2)14-28/h12,16-18,21-26,29H,5-11,13-15H2,1-4H3/t16-,17?,18+,21-,22-,23?,24-,25+,26-,27-,28-/m0/s1.